The molecular weight excluding hydrogens is 468 g/mol. The smallest absolute Gasteiger partial charge is 0.318 e. The van der Waals surface area contributed by atoms with Gasteiger partial charge in [-0.15, -0.1) is 0 Å². The Morgan fingerprint density at radius 2 is 1.65 bits per heavy atom. The lowest BCUT2D eigenvalue weighted by atomic mass is 9.52. The molecular formula is C31H42O6. The van der Waals surface area contributed by atoms with E-state index in [1.165, 1.54) is 6.42 Å². The maximum atomic E-state index is 11.5. The molecule has 6 atom stereocenters. The van der Waals surface area contributed by atoms with E-state index in [9.17, 15) is 19.8 Å². The zero-order valence-electron chi connectivity index (χ0n) is 22.6. The third-order valence-corrected chi connectivity index (χ3v) is 9.31. The summed E-state index contributed by atoms with van der Waals surface area (Å²) in [5.41, 5.74) is 2.92. The van der Waals surface area contributed by atoms with Crippen molar-refractivity contribution in [2.24, 2.45) is 40.9 Å². The van der Waals surface area contributed by atoms with E-state index in [1.807, 2.05) is 0 Å². The summed E-state index contributed by atoms with van der Waals surface area (Å²) >= 11 is 0. The van der Waals surface area contributed by atoms with E-state index in [4.69, 9.17) is 10.2 Å². The molecule has 3 aliphatic rings. The summed E-state index contributed by atoms with van der Waals surface area (Å²) in [7, 11) is 0. The molecule has 1 saturated carbocycles. The summed E-state index contributed by atoms with van der Waals surface area (Å²) in [5, 5.41) is 38.6. The number of hydrogen-bond acceptors (Lipinski definition) is 4. The predicted octanol–water partition coefficient (Wildman–Crippen LogP) is 5.12. The number of hydrogen-bond donors (Lipinski definition) is 4. The van der Waals surface area contributed by atoms with E-state index in [1.54, 1.807) is 30.3 Å². The first-order valence-electron chi connectivity index (χ1n) is 13.1. The highest BCUT2D eigenvalue weighted by atomic mass is 16.4. The molecule has 5 unspecified atom stereocenters. The quantitative estimate of drug-likeness (QED) is 0.323. The van der Waals surface area contributed by atoms with E-state index in [0.717, 1.165) is 16.7 Å². The van der Waals surface area contributed by atoms with Crippen LogP contribution in [-0.2, 0) is 16.0 Å². The molecule has 4 rings (SSSR count). The average molecular weight is 511 g/mol. The zero-order chi connectivity index (χ0) is 27.7. The van der Waals surface area contributed by atoms with Crippen LogP contribution in [0.2, 0.25) is 0 Å². The number of carboxylic acids is 2. The van der Waals surface area contributed by atoms with E-state index < -0.39 is 23.5 Å². The fraction of sp³-hybridized carbons (Fsp3) is 0.548. The topological polar surface area (TPSA) is 115 Å². The number of fused-ring (bicyclic) bond motifs is 3. The van der Waals surface area contributed by atoms with Crippen molar-refractivity contribution in [3.05, 3.63) is 71.3 Å². The number of aliphatic hydroxyl groups excluding tert-OH is 1. The van der Waals surface area contributed by atoms with Gasteiger partial charge in [-0.05, 0) is 71.1 Å². The van der Waals surface area contributed by atoms with Crippen molar-refractivity contribution in [1.29, 1.82) is 0 Å². The van der Waals surface area contributed by atoms with Crippen LogP contribution in [0.1, 0.15) is 53.0 Å². The summed E-state index contributed by atoms with van der Waals surface area (Å²) in [6.07, 6.45) is 6.29. The molecule has 1 aromatic rings. The van der Waals surface area contributed by atoms with Crippen LogP contribution in [0.25, 0.3) is 0 Å². The molecule has 6 heteroatoms. The third-order valence-electron chi connectivity index (χ3n) is 9.31. The number of rotatable bonds is 5. The zero-order valence-corrected chi connectivity index (χ0v) is 22.6. The highest BCUT2D eigenvalue weighted by Crippen LogP contribution is 2.60. The number of carbonyl (C=O) groups is 2. The van der Waals surface area contributed by atoms with Crippen LogP contribution in [0.3, 0.4) is 0 Å². The average Bonchev–Trinajstić information content (AvgIpc) is 2.96. The molecule has 0 bridgehead atoms. The Labute approximate surface area is 220 Å². The standard InChI is InChI=1S/C21H32O2.C10H10O4/c1-12-8-18-19-13(2)7-14(3)20(5,6)17(19)9-16(11-22)10-21(18,23)15(12)4;11-9(12)8(10(13)14)6-7-4-2-1-3-5-7/h8-9,13-14,17-19,22-23H,4,7,10-11H2,1-3,5-6H3;1-5,8H,6H2,(H,11,12)(H,13,14)/t13-,14?,17?,18?,19?,21?;/m1./s1. The fourth-order valence-corrected chi connectivity index (χ4v) is 6.70. The summed E-state index contributed by atoms with van der Waals surface area (Å²) in [4.78, 5) is 21.1. The van der Waals surface area contributed by atoms with Crippen LogP contribution in [0.4, 0.5) is 0 Å². The summed E-state index contributed by atoms with van der Waals surface area (Å²) < 4.78 is 0. The Kier molecular flexibility index (Phi) is 8.55. The molecule has 4 N–H and O–H groups in total. The molecule has 1 fully saturated rings. The van der Waals surface area contributed by atoms with Gasteiger partial charge in [0.1, 0.15) is 0 Å². The van der Waals surface area contributed by atoms with E-state index in [0.29, 0.717) is 35.7 Å². The number of allylic oxidation sites excluding steroid dienone is 1. The van der Waals surface area contributed by atoms with Crippen molar-refractivity contribution in [3.63, 3.8) is 0 Å². The van der Waals surface area contributed by atoms with Gasteiger partial charge in [0.25, 0.3) is 0 Å². The Bertz CT molecular complexity index is 1070. The first-order valence-corrected chi connectivity index (χ1v) is 13.1. The lowest BCUT2D eigenvalue weighted by molar-refractivity contribution is -0.154. The Morgan fingerprint density at radius 3 is 2.19 bits per heavy atom. The number of aliphatic hydroxyl groups is 2. The second-order valence-corrected chi connectivity index (χ2v) is 11.9. The second-order valence-electron chi connectivity index (χ2n) is 11.9. The van der Waals surface area contributed by atoms with E-state index in [-0.39, 0.29) is 24.4 Å². The normalized spacial score (nSPS) is 32.2. The number of aliphatic carboxylic acids is 2. The molecule has 1 aromatic carbocycles. The molecule has 0 radical (unpaired) electrons. The van der Waals surface area contributed by atoms with E-state index in [2.05, 4.69) is 53.3 Å². The minimum atomic E-state index is -1.36. The largest absolute Gasteiger partial charge is 0.481 e. The third kappa shape index (κ3) is 5.60. The first kappa shape index (κ1) is 28.9. The lowest BCUT2D eigenvalue weighted by Gasteiger charge is -2.53. The van der Waals surface area contributed by atoms with E-state index >= 15 is 0 Å². The van der Waals surface area contributed by atoms with Crippen LogP contribution in [0, 0.1) is 40.9 Å². The molecule has 0 aromatic heterocycles. The van der Waals surface area contributed by atoms with Gasteiger partial charge >= 0.3 is 11.9 Å². The Balaban J connectivity index is 0.000000233. The molecule has 3 aliphatic carbocycles. The van der Waals surface area contributed by atoms with Crippen LogP contribution in [-0.4, -0.2) is 44.6 Å². The van der Waals surface area contributed by atoms with Crippen LogP contribution in [0.15, 0.2) is 65.8 Å². The highest BCUT2D eigenvalue weighted by Gasteiger charge is 2.56. The molecule has 0 heterocycles. The predicted molar refractivity (Wildman–Crippen MR) is 144 cm³/mol. The van der Waals surface area contributed by atoms with Gasteiger partial charge in [0.2, 0.25) is 0 Å². The molecule has 0 aliphatic heterocycles. The van der Waals surface area contributed by atoms with Gasteiger partial charge in [0, 0.05) is 12.3 Å². The van der Waals surface area contributed by atoms with Gasteiger partial charge < -0.3 is 20.4 Å². The van der Waals surface area contributed by atoms with Gasteiger partial charge in [-0.25, -0.2) is 0 Å². The minimum Gasteiger partial charge on any atom is -0.481 e. The summed E-state index contributed by atoms with van der Waals surface area (Å²) in [6.45, 7) is 15.7. The van der Waals surface area contributed by atoms with Crippen molar-refractivity contribution in [3.8, 4) is 0 Å². The van der Waals surface area contributed by atoms with Gasteiger partial charge in [-0.1, -0.05) is 76.8 Å². The van der Waals surface area contributed by atoms with Gasteiger partial charge in [0.15, 0.2) is 5.92 Å². The maximum Gasteiger partial charge on any atom is 0.318 e. The second kappa shape index (κ2) is 11.0. The van der Waals surface area contributed by atoms with Crippen LogP contribution in [0.5, 0.6) is 0 Å². The van der Waals surface area contributed by atoms with Gasteiger partial charge in [-0.2, -0.15) is 0 Å². The van der Waals surface area contributed by atoms with Crippen LogP contribution < -0.4 is 0 Å². The molecule has 0 saturated heterocycles. The first-order chi connectivity index (χ1) is 17.2. The Hall–Kier alpha value is -2.70. The molecule has 6 nitrogen and oxygen atoms in total. The fourth-order valence-electron chi connectivity index (χ4n) is 6.70. The molecule has 202 valence electrons. The van der Waals surface area contributed by atoms with Crippen molar-refractivity contribution >= 4 is 11.9 Å². The van der Waals surface area contributed by atoms with Gasteiger partial charge in [0.05, 0.1) is 12.2 Å². The van der Waals surface area contributed by atoms with Crippen molar-refractivity contribution < 1.29 is 30.0 Å². The number of benzene rings is 1. The molecule has 0 amide bonds. The Morgan fingerprint density at radius 1 is 1.05 bits per heavy atom. The van der Waals surface area contributed by atoms with Crippen molar-refractivity contribution in [1.82, 2.24) is 0 Å². The molecule has 37 heavy (non-hydrogen) atoms. The summed E-state index contributed by atoms with van der Waals surface area (Å²) in [6, 6.07) is 8.70. The summed E-state index contributed by atoms with van der Waals surface area (Å²) in [5.74, 6) is -1.87. The van der Waals surface area contributed by atoms with Crippen molar-refractivity contribution in [2.45, 2.75) is 59.5 Å². The van der Waals surface area contributed by atoms with Gasteiger partial charge in [-0.3, -0.25) is 9.59 Å². The number of carboxylic acid groups (broad SMARTS) is 2. The monoisotopic (exact) mass is 510 g/mol. The maximum absolute atomic E-state index is 11.5. The van der Waals surface area contributed by atoms with Crippen molar-refractivity contribution in [2.75, 3.05) is 6.61 Å². The highest BCUT2D eigenvalue weighted by molar-refractivity contribution is 5.93. The molecule has 0 spiro atoms. The minimum absolute atomic E-state index is 0.0194. The lowest BCUT2D eigenvalue weighted by Crippen LogP contribution is -2.49. The van der Waals surface area contributed by atoms with Crippen LogP contribution >= 0.6 is 0 Å². The SMILES string of the molecule is C=C1C(C)=CC2C3C(C=C(CO)CC12O)C(C)(C)C(C)C[C@H]3C.O=C(O)C(Cc1ccccc1)C(=O)O.